The summed E-state index contributed by atoms with van der Waals surface area (Å²) in [5, 5.41) is 0. The summed E-state index contributed by atoms with van der Waals surface area (Å²) in [7, 11) is 0. The normalized spacial score (nSPS) is 43.0. The summed E-state index contributed by atoms with van der Waals surface area (Å²) in [6.45, 7) is 10.5. The zero-order chi connectivity index (χ0) is 22.2. The highest BCUT2D eigenvalue weighted by Crippen LogP contribution is 2.77. The molecule has 0 spiro atoms. The lowest BCUT2D eigenvalue weighted by Crippen LogP contribution is -2.76. The Morgan fingerprint density at radius 2 is 1.97 bits per heavy atom. The molecule has 31 heavy (non-hydrogen) atoms. The van der Waals surface area contributed by atoms with Crippen LogP contribution in [0.1, 0.15) is 65.9 Å². The van der Waals surface area contributed by atoms with Gasteiger partial charge in [-0.2, -0.15) is 0 Å². The zero-order valence-electron chi connectivity index (χ0n) is 19.3. The van der Waals surface area contributed by atoms with Gasteiger partial charge in [-0.25, -0.2) is 4.79 Å². The van der Waals surface area contributed by atoms with Crippen molar-refractivity contribution in [3.63, 3.8) is 0 Å². The van der Waals surface area contributed by atoms with Gasteiger partial charge in [0, 0.05) is 24.3 Å². The highest BCUT2D eigenvalue weighted by atomic mass is 16.6. The fourth-order valence-electron chi connectivity index (χ4n) is 7.87. The third-order valence-electron chi connectivity index (χ3n) is 8.70. The van der Waals surface area contributed by atoms with Crippen LogP contribution in [0.5, 0.6) is 0 Å². The van der Waals surface area contributed by atoms with Gasteiger partial charge in [0.2, 0.25) is 0 Å². The lowest BCUT2D eigenvalue weighted by Gasteiger charge is -2.63. The van der Waals surface area contributed by atoms with Crippen LogP contribution in [-0.2, 0) is 19.1 Å². The van der Waals surface area contributed by atoms with Gasteiger partial charge in [-0.05, 0) is 62.0 Å². The second-order valence-corrected chi connectivity index (χ2v) is 11.0. The largest absolute Gasteiger partial charge is 0.452 e. The van der Waals surface area contributed by atoms with E-state index in [4.69, 9.17) is 9.47 Å². The van der Waals surface area contributed by atoms with E-state index in [0.29, 0.717) is 24.2 Å². The molecule has 0 amide bonds. The summed E-state index contributed by atoms with van der Waals surface area (Å²) < 4.78 is 13.2. The molecule has 0 aromatic heterocycles. The van der Waals surface area contributed by atoms with E-state index in [9.17, 15) is 9.59 Å². The SMILES string of the molecule is C/C(=C\C(=O)OC12C3C(C)CCC3C1C1(C)OC2(CC(C)C)CC1=O)c1ccccc1. The Morgan fingerprint density at radius 3 is 2.65 bits per heavy atom. The molecule has 0 radical (unpaired) electrons. The number of Topliss-reactive ketones (excluding diaryl/α,β-unsaturated/α-hetero) is 1. The minimum Gasteiger partial charge on any atom is -0.452 e. The third-order valence-corrected chi connectivity index (χ3v) is 8.70. The number of ketones is 1. The molecule has 5 rings (SSSR count). The van der Waals surface area contributed by atoms with Crippen LogP contribution >= 0.6 is 0 Å². The van der Waals surface area contributed by atoms with E-state index in [-0.39, 0.29) is 23.6 Å². The maximum absolute atomic E-state index is 13.3. The molecule has 2 saturated carbocycles. The molecular formula is C27H34O4. The van der Waals surface area contributed by atoms with Gasteiger partial charge in [0.1, 0.15) is 11.2 Å². The maximum Gasteiger partial charge on any atom is 0.331 e. The number of fused-ring (bicyclic) bond motifs is 8. The lowest BCUT2D eigenvalue weighted by molar-refractivity contribution is -0.254. The molecule has 0 N–H and O–H groups in total. The van der Waals surface area contributed by atoms with Crippen LogP contribution in [0.3, 0.4) is 0 Å². The van der Waals surface area contributed by atoms with Crippen molar-refractivity contribution in [3.05, 3.63) is 42.0 Å². The number of ether oxygens (including phenoxy) is 2. The molecule has 2 bridgehead atoms. The highest BCUT2D eigenvalue weighted by molar-refractivity contribution is 5.95. The average molecular weight is 423 g/mol. The molecular weight excluding hydrogens is 388 g/mol. The van der Waals surface area contributed by atoms with Crippen molar-refractivity contribution in [1.29, 1.82) is 0 Å². The first-order valence-corrected chi connectivity index (χ1v) is 11.8. The number of carbonyl (C=O) groups is 2. The molecule has 4 heteroatoms. The van der Waals surface area contributed by atoms with Gasteiger partial charge in [-0.3, -0.25) is 4.79 Å². The van der Waals surface area contributed by atoms with Crippen molar-refractivity contribution in [2.24, 2.45) is 29.6 Å². The van der Waals surface area contributed by atoms with Crippen LogP contribution < -0.4 is 0 Å². The van der Waals surface area contributed by atoms with Crippen LogP contribution in [-0.4, -0.2) is 28.6 Å². The number of benzene rings is 1. The first-order chi connectivity index (χ1) is 14.6. The summed E-state index contributed by atoms with van der Waals surface area (Å²) in [4.78, 5) is 26.4. The van der Waals surface area contributed by atoms with E-state index in [1.54, 1.807) is 6.08 Å². The quantitative estimate of drug-likeness (QED) is 0.483. The molecule has 7 unspecified atom stereocenters. The van der Waals surface area contributed by atoms with E-state index in [1.807, 2.05) is 44.2 Å². The molecule has 1 aromatic carbocycles. The molecule has 2 saturated heterocycles. The van der Waals surface area contributed by atoms with Gasteiger partial charge in [0.15, 0.2) is 11.4 Å². The smallest absolute Gasteiger partial charge is 0.331 e. The topological polar surface area (TPSA) is 52.6 Å². The van der Waals surface area contributed by atoms with Crippen molar-refractivity contribution in [3.8, 4) is 0 Å². The first kappa shape index (κ1) is 20.9. The summed E-state index contributed by atoms with van der Waals surface area (Å²) in [5.74, 6) is 1.37. The molecule has 2 aliphatic carbocycles. The Kier molecular flexibility index (Phi) is 4.58. The van der Waals surface area contributed by atoms with Gasteiger partial charge in [-0.15, -0.1) is 0 Å². The maximum atomic E-state index is 13.3. The number of allylic oxidation sites excluding steroid dienone is 1. The summed E-state index contributed by atoms with van der Waals surface area (Å²) in [5.41, 5.74) is -0.304. The van der Waals surface area contributed by atoms with Gasteiger partial charge < -0.3 is 9.47 Å². The van der Waals surface area contributed by atoms with E-state index >= 15 is 0 Å². The minimum absolute atomic E-state index is 0.0238. The first-order valence-electron chi connectivity index (χ1n) is 11.8. The molecule has 4 aliphatic rings. The van der Waals surface area contributed by atoms with E-state index in [0.717, 1.165) is 30.4 Å². The van der Waals surface area contributed by atoms with E-state index in [2.05, 4.69) is 20.8 Å². The molecule has 1 aromatic rings. The molecule has 4 fully saturated rings. The predicted molar refractivity (Wildman–Crippen MR) is 119 cm³/mol. The Balaban J connectivity index is 1.55. The number of hydrogen-bond acceptors (Lipinski definition) is 4. The molecule has 7 atom stereocenters. The Morgan fingerprint density at radius 1 is 1.26 bits per heavy atom. The van der Waals surface area contributed by atoms with Crippen molar-refractivity contribution in [1.82, 2.24) is 0 Å². The van der Waals surface area contributed by atoms with E-state index in [1.165, 1.54) is 0 Å². The standard InChI is InChI=1S/C27H34O4/c1-16(2)14-26-15-21(28)25(5,31-26)24-20-12-11-17(3)23(20)27(24,26)30-22(29)13-18(4)19-9-7-6-8-10-19/h6-10,13,16-17,20,23-24H,11-12,14-15H2,1-5H3/b18-13+. The second kappa shape index (κ2) is 6.78. The van der Waals surface area contributed by atoms with Crippen molar-refractivity contribution in [2.45, 2.75) is 77.1 Å². The van der Waals surface area contributed by atoms with Crippen molar-refractivity contribution < 1.29 is 19.1 Å². The summed E-state index contributed by atoms with van der Waals surface area (Å²) in [6.07, 6.45) is 4.95. The lowest BCUT2D eigenvalue weighted by atomic mass is 9.42. The predicted octanol–water partition coefficient (Wildman–Crippen LogP) is 5.21. The number of carbonyl (C=O) groups excluding carboxylic acids is 2. The Labute approximate surface area is 185 Å². The van der Waals surface area contributed by atoms with Crippen molar-refractivity contribution in [2.75, 3.05) is 0 Å². The van der Waals surface area contributed by atoms with Crippen molar-refractivity contribution >= 4 is 17.3 Å². The van der Waals surface area contributed by atoms with Gasteiger partial charge in [0.05, 0.1) is 0 Å². The second-order valence-electron chi connectivity index (χ2n) is 11.0. The average Bonchev–Trinajstić information content (AvgIpc) is 3.19. The fourth-order valence-corrected chi connectivity index (χ4v) is 7.87. The summed E-state index contributed by atoms with van der Waals surface area (Å²) in [6, 6.07) is 9.90. The number of rotatable bonds is 5. The van der Waals surface area contributed by atoms with Gasteiger partial charge in [0.25, 0.3) is 0 Å². The van der Waals surface area contributed by atoms with Crippen LogP contribution in [0.25, 0.3) is 5.57 Å². The van der Waals surface area contributed by atoms with Crippen LogP contribution in [0.4, 0.5) is 0 Å². The van der Waals surface area contributed by atoms with Gasteiger partial charge >= 0.3 is 5.97 Å². The molecule has 166 valence electrons. The van der Waals surface area contributed by atoms with E-state index < -0.39 is 16.8 Å². The number of esters is 1. The van der Waals surface area contributed by atoms with Gasteiger partial charge in [-0.1, -0.05) is 51.1 Å². The third kappa shape index (κ3) is 2.63. The fraction of sp³-hybridized carbons (Fsp3) is 0.630. The Bertz CT molecular complexity index is 949. The summed E-state index contributed by atoms with van der Waals surface area (Å²) >= 11 is 0. The molecule has 2 aliphatic heterocycles. The molecule has 2 heterocycles. The van der Waals surface area contributed by atoms with Crippen LogP contribution in [0.2, 0.25) is 0 Å². The zero-order valence-corrected chi connectivity index (χ0v) is 19.3. The number of hydrogen-bond donors (Lipinski definition) is 0. The highest BCUT2D eigenvalue weighted by Gasteiger charge is 2.89. The monoisotopic (exact) mass is 422 g/mol. The minimum atomic E-state index is -0.821. The van der Waals surface area contributed by atoms with Crippen LogP contribution in [0, 0.1) is 29.6 Å². The molecule has 4 nitrogen and oxygen atoms in total. The Hall–Kier alpha value is -1.94. The van der Waals surface area contributed by atoms with Crippen LogP contribution in [0.15, 0.2) is 36.4 Å².